The summed E-state index contributed by atoms with van der Waals surface area (Å²) in [5.41, 5.74) is 2.30. The van der Waals surface area contributed by atoms with E-state index in [1.165, 1.54) is 0 Å². The number of ether oxygens (including phenoxy) is 1. The highest BCUT2D eigenvalue weighted by atomic mass is 16.5. The maximum atomic E-state index is 5.44. The first-order chi connectivity index (χ1) is 11.4. The van der Waals surface area contributed by atoms with Gasteiger partial charge in [-0.1, -0.05) is 12.1 Å². The molecule has 7 heteroatoms. The molecule has 1 fully saturated rings. The third-order valence-electron chi connectivity index (χ3n) is 4.57. The zero-order valence-electron chi connectivity index (χ0n) is 12.8. The first-order valence-electron chi connectivity index (χ1n) is 7.93. The van der Waals surface area contributed by atoms with Crippen molar-refractivity contribution < 1.29 is 4.74 Å². The summed E-state index contributed by atoms with van der Waals surface area (Å²) in [4.78, 5) is 11.6. The molecule has 1 saturated heterocycles. The summed E-state index contributed by atoms with van der Waals surface area (Å²) >= 11 is 0. The monoisotopic (exact) mass is 310 g/mol. The molecule has 3 aliphatic heterocycles. The molecule has 4 heterocycles. The molecule has 118 valence electrons. The van der Waals surface area contributed by atoms with Gasteiger partial charge in [0.1, 0.15) is 13.0 Å². The highest BCUT2D eigenvalue weighted by Crippen LogP contribution is 2.33. The molecule has 23 heavy (non-hydrogen) atoms. The second kappa shape index (κ2) is 5.16. The van der Waals surface area contributed by atoms with Crippen LogP contribution in [0.4, 0.5) is 5.82 Å². The highest BCUT2D eigenvalue weighted by molar-refractivity contribution is 6.14. The fraction of sp³-hybridized carbons (Fsp3) is 0.375. The Hall–Kier alpha value is -2.22. The third kappa shape index (κ3) is 2.01. The number of morpholine rings is 1. The lowest BCUT2D eigenvalue weighted by atomic mass is 10.1. The van der Waals surface area contributed by atoms with Crippen molar-refractivity contribution in [2.45, 2.75) is 0 Å². The highest BCUT2D eigenvalue weighted by Gasteiger charge is 2.36. The van der Waals surface area contributed by atoms with Crippen LogP contribution in [-0.2, 0) is 4.74 Å². The molecule has 2 aromatic rings. The number of fused-ring (bicyclic) bond motifs is 6. The van der Waals surface area contributed by atoms with Crippen LogP contribution in [0.3, 0.4) is 0 Å². The van der Waals surface area contributed by atoms with Crippen LogP contribution < -0.4 is 5.01 Å². The van der Waals surface area contributed by atoms with Crippen molar-refractivity contribution >= 4 is 11.7 Å². The van der Waals surface area contributed by atoms with Crippen LogP contribution in [0.1, 0.15) is 5.56 Å². The zero-order valence-corrected chi connectivity index (χ0v) is 12.8. The van der Waals surface area contributed by atoms with Crippen molar-refractivity contribution in [2.75, 3.05) is 44.6 Å². The van der Waals surface area contributed by atoms with Crippen LogP contribution in [0.2, 0.25) is 0 Å². The first kappa shape index (κ1) is 13.2. The predicted molar refractivity (Wildman–Crippen MR) is 86.5 cm³/mol. The van der Waals surface area contributed by atoms with Crippen LogP contribution in [0.15, 0.2) is 41.8 Å². The molecule has 0 radical (unpaired) electrons. The molecular formula is C16H18N6O. The molecular weight excluding hydrogens is 292 g/mol. The van der Waals surface area contributed by atoms with Crippen LogP contribution in [-0.4, -0.2) is 64.9 Å². The molecule has 0 amide bonds. The van der Waals surface area contributed by atoms with Crippen LogP contribution >= 0.6 is 0 Å². The summed E-state index contributed by atoms with van der Waals surface area (Å²) in [7, 11) is 0. The molecule has 0 unspecified atom stereocenters. The maximum Gasteiger partial charge on any atom is 0.155 e. The van der Waals surface area contributed by atoms with Crippen molar-refractivity contribution in [2.24, 2.45) is 4.99 Å². The number of nitrogens with zero attached hydrogens (tertiary/aromatic N) is 6. The predicted octanol–water partition coefficient (Wildman–Crippen LogP) is 0.917. The van der Waals surface area contributed by atoms with Gasteiger partial charge >= 0.3 is 0 Å². The summed E-state index contributed by atoms with van der Waals surface area (Å²) in [5, 5.41) is 4.47. The second-order valence-electron chi connectivity index (χ2n) is 5.95. The van der Waals surface area contributed by atoms with Crippen molar-refractivity contribution in [3.8, 4) is 5.69 Å². The summed E-state index contributed by atoms with van der Waals surface area (Å²) in [6.07, 6.45) is 3.78. The van der Waals surface area contributed by atoms with Crippen molar-refractivity contribution in [3.05, 3.63) is 42.4 Å². The van der Waals surface area contributed by atoms with E-state index >= 15 is 0 Å². The molecule has 0 spiro atoms. The van der Waals surface area contributed by atoms with Gasteiger partial charge in [0.2, 0.25) is 0 Å². The minimum Gasteiger partial charge on any atom is -0.379 e. The van der Waals surface area contributed by atoms with Crippen LogP contribution in [0, 0.1) is 0 Å². The Balaban J connectivity index is 1.51. The molecule has 1 aromatic carbocycles. The molecule has 7 nitrogen and oxygen atoms in total. The standard InChI is InChI=1S/C16H18N6O/c1-2-4-14-13(3-1)16-18-11-20(12-19-5-7-23-8-6-19)22(16)15-9-17-10-21(14)15/h1-4,9-10H,5-8,11-12H2. The summed E-state index contributed by atoms with van der Waals surface area (Å²) < 4.78 is 7.58. The van der Waals surface area contributed by atoms with Crippen LogP contribution in [0.5, 0.6) is 0 Å². The van der Waals surface area contributed by atoms with Gasteiger partial charge in [-0.2, -0.15) is 5.01 Å². The van der Waals surface area contributed by atoms with Gasteiger partial charge in [0.15, 0.2) is 11.7 Å². The van der Waals surface area contributed by atoms with E-state index in [9.17, 15) is 0 Å². The Kier molecular flexibility index (Phi) is 2.97. The fourth-order valence-corrected chi connectivity index (χ4v) is 3.45. The van der Waals surface area contributed by atoms with E-state index in [0.29, 0.717) is 6.67 Å². The Morgan fingerprint density at radius 1 is 1.13 bits per heavy atom. The van der Waals surface area contributed by atoms with E-state index in [0.717, 1.165) is 55.9 Å². The number of hydrazine groups is 1. The number of para-hydroxylation sites is 1. The Morgan fingerprint density at radius 2 is 2.00 bits per heavy atom. The number of benzene rings is 1. The normalized spacial score (nSPS) is 20.9. The minimum atomic E-state index is 0.673. The van der Waals surface area contributed by atoms with E-state index < -0.39 is 0 Å². The fourth-order valence-electron chi connectivity index (χ4n) is 3.45. The molecule has 0 aliphatic carbocycles. The summed E-state index contributed by atoms with van der Waals surface area (Å²) in [6.45, 7) is 5.07. The SMILES string of the molecule is c1ccc2c(c1)C1=NCN(CN3CCOCC3)N1c1cncn1-2. The average molecular weight is 310 g/mol. The van der Waals surface area contributed by atoms with Gasteiger partial charge in [-0.25, -0.2) is 15.0 Å². The van der Waals surface area contributed by atoms with Gasteiger partial charge in [0.25, 0.3) is 0 Å². The number of hydrogen-bond acceptors (Lipinski definition) is 6. The molecule has 5 rings (SSSR count). The number of amidine groups is 1. The van der Waals surface area contributed by atoms with Crippen molar-refractivity contribution in [1.82, 2.24) is 19.5 Å². The minimum absolute atomic E-state index is 0.673. The number of rotatable bonds is 2. The average Bonchev–Trinajstić information content (AvgIpc) is 3.23. The second-order valence-corrected chi connectivity index (χ2v) is 5.95. The zero-order chi connectivity index (χ0) is 15.2. The van der Waals surface area contributed by atoms with E-state index in [1.807, 2.05) is 12.5 Å². The molecule has 3 aliphatic rings. The van der Waals surface area contributed by atoms with Crippen LogP contribution in [0.25, 0.3) is 5.69 Å². The van der Waals surface area contributed by atoms with Crippen molar-refractivity contribution in [1.29, 1.82) is 0 Å². The van der Waals surface area contributed by atoms with E-state index in [4.69, 9.17) is 9.73 Å². The molecule has 1 aromatic heterocycles. The lowest BCUT2D eigenvalue weighted by Gasteiger charge is -2.37. The number of aromatic nitrogens is 2. The third-order valence-corrected chi connectivity index (χ3v) is 4.57. The van der Waals surface area contributed by atoms with Gasteiger partial charge in [-0.15, -0.1) is 0 Å². The Morgan fingerprint density at radius 3 is 2.91 bits per heavy atom. The molecule has 0 N–H and O–H groups in total. The summed E-state index contributed by atoms with van der Waals surface area (Å²) in [5.74, 6) is 2.06. The van der Waals surface area contributed by atoms with E-state index in [1.54, 1.807) is 0 Å². The largest absolute Gasteiger partial charge is 0.379 e. The first-order valence-corrected chi connectivity index (χ1v) is 7.93. The van der Waals surface area contributed by atoms with Gasteiger partial charge in [-0.05, 0) is 12.1 Å². The number of hydrogen-bond donors (Lipinski definition) is 0. The van der Waals surface area contributed by atoms with Gasteiger partial charge < -0.3 is 4.74 Å². The van der Waals surface area contributed by atoms with Gasteiger partial charge in [-0.3, -0.25) is 9.47 Å². The topological polar surface area (TPSA) is 49.1 Å². The Bertz CT molecular complexity index is 763. The number of imidazole rings is 1. The molecule has 0 bridgehead atoms. The molecule has 0 saturated carbocycles. The van der Waals surface area contributed by atoms with Gasteiger partial charge in [0, 0.05) is 18.7 Å². The summed E-state index contributed by atoms with van der Waals surface area (Å²) in [6, 6.07) is 8.36. The lowest BCUT2D eigenvalue weighted by molar-refractivity contribution is 0.0124. The van der Waals surface area contributed by atoms with Crippen molar-refractivity contribution in [3.63, 3.8) is 0 Å². The number of anilines is 1. The van der Waals surface area contributed by atoms with E-state index in [-0.39, 0.29) is 0 Å². The lowest BCUT2D eigenvalue weighted by Crippen LogP contribution is -2.51. The smallest absolute Gasteiger partial charge is 0.155 e. The van der Waals surface area contributed by atoms with Gasteiger partial charge in [0.05, 0.1) is 31.8 Å². The quantitative estimate of drug-likeness (QED) is 0.825. The maximum absolute atomic E-state index is 5.44. The Labute approximate surface area is 134 Å². The number of aliphatic imine (C=N–C) groups is 1. The molecule has 0 atom stereocenters. The van der Waals surface area contributed by atoms with E-state index in [2.05, 4.69) is 48.7 Å².